The number of nitrogens with one attached hydrogen (secondary N) is 2. The first-order chi connectivity index (χ1) is 11.8. The fraction of sp³-hybridized carbons (Fsp3) is 0.235. The summed E-state index contributed by atoms with van der Waals surface area (Å²) in [5, 5.41) is 3.09. The van der Waals surface area contributed by atoms with Crippen molar-refractivity contribution < 1.29 is 17.9 Å². The second-order valence-electron chi connectivity index (χ2n) is 5.28. The van der Waals surface area contributed by atoms with Crippen LogP contribution in [0.3, 0.4) is 0 Å². The first-order valence-electron chi connectivity index (χ1n) is 7.60. The molecule has 2 N–H and O–H groups in total. The summed E-state index contributed by atoms with van der Waals surface area (Å²) in [5.74, 6) is 0.167. The first kappa shape index (κ1) is 19.1. The van der Waals surface area contributed by atoms with Crippen LogP contribution in [0, 0.1) is 6.92 Å². The fourth-order valence-electron chi connectivity index (χ4n) is 1.98. The first-order valence-corrected chi connectivity index (χ1v) is 9.46. The van der Waals surface area contributed by atoms with Crippen molar-refractivity contribution in [2.45, 2.75) is 18.7 Å². The topological polar surface area (TPSA) is 84.5 Å². The maximum Gasteiger partial charge on any atom is 0.261 e. The molecule has 0 radical (unpaired) electrons. The Balaban J connectivity index is 2.06. The van der Waals surface area contributed by atoms with E-state index in [0.717, 1.165) is 5.56 Å². The van der Waals surface area contributed by atoms with Gasteiger partial charge in [-0.25, -0.2) is 8.42 Å². The number of carbonyl (C=O) groups excluding carboxylic acids is 1. The van der Waals surface area contributed by atoms with Gasteiger partial charge in [0.25, 0.3) is 15.9 Å². The van der Waals surface area contributed by atoms with Crippen LogP contribution < -0.4 is 14.8 Å². The number of carbonyl (C=O) groups is 1. The summed E-state index contributed by atoms with van der Waals surface area (Å²) in [6.45, 7) is 4.04. The molecule has 0 saturated heterocycles. The van der Waals surface area contributed by atoms with Crippen LogP contribution in [0.5, 0.6) is 5.75 Å². The minimum absolute atomic E-state index is 0.0783. The van der Waals surface area contributed by atoms with E-state index in [-0.39, 0.29) is 17.4 Å². The third kappa shape index (κ3) is 5.37. The Morgan fingerprint density at radius 3 is 2.44 bits per heavy atom. The number of halogens is 1. The molecule has 0 bridgehead atoms. The third-order valence-corrected chi connectivity index (χ3v) is 5.11. The van der Waals surface area contributed by atoms with E-state index in [0.29, 0.717) is 23.0 Å². The van der Waals surface area contributed by atoms with Gasteiger partial charge in [0.05, 0.1) is 10.6 Å². The number of benzene rings is 2. The number of rotatable bonds is 7. The number of aryl methyl sites for hydroxylation is 1. The average Bonchev–Trinajstić information content (AvgIpc) is 2.57. The maximum atomic E-state index is 12.4. The SMILES string of the molecule is CCNC(=O)COc1ccc(S(=O)(=O)Nc2ccc(C)c(Cl)c2)cc1. The second-order valence-corrected chi connectivity index (χ2v) is 7.37. The molecular weight excluding hydrogens is 364 g/mol. The second kappa shape index (κ2) is 8.22. The summed E-state index contributed by atoms with van der Waals surface area (Å²) in [6, 6.07) is 10.7. The predicted octanol–water partition coefficient (Wildman–Crippen LogP) is 2.96. The summed E-state index contributed by atoms with van der Waals surface area (Å²) in [4.78, 5) is 11.4. The molecule has 2 aromatic carbocycles. The van der Waals surface area contributed by atoms with Crippen molar-refractivity contribution in [3.8, 4) is 5.75 Å². The van der Waals surface area contributed by atoms with Gasteiger partial charge in [-0.1, -0.05) is 17.7 Å². The summed E-state index contributed by atoms with van der Waals surface area (Å²) >= 11 is 6.01. The number of anilines is 1. The number of ether oxygens (including phenoxy) is 1. The van der Waals surface area contributed by atoms with E-state index < -0.39 is 10.0 Å². The Morgan fingerprint density at radius 2 is 1.84 bits per heavy atom. The smallest absolute Gasteiger partial charge is 0.261 e. The lowest BCUT2D eigenvalue weighted by molar-refractivity contribution is -0.122. The molecule has 0 spiro atoms. The van der Waals surface area contributed by atoms with Gasteiger partial charge in [0.15, 0.2) is 6.61 Å². The van der Waals surface area contributed by atoms with E-state index in [1.807, 2.05) is 13.8 Å². The van der Waals surface area contributed by atoms with Crippen molar-refractivity contribution in [2.75, 3.05) is 17.9 Å². The largest absolute Gasteiger partial charge is 0.484 e. The van der Waals surface area contributed by atoms with Crippen LogP contribution >= 0.6 is 11.6 Å². The van der Waals surface area contributed by atoms with Gasteiger partial charge in [-0.2, -0.15) is 0 Å². The Labute approximate surface area is 152 Å². The minimum Gasteiger partial charge on any atom is -0.484 e. The zero-order chi connectivity index (χ0) is 18.4. The monoisotopic (exact) mass is 382 g/mol. The molecule has 0 aliphatic rings. The van der Waals surface area contributed by atoms with E-state index in [9.17, 15) is 13.2 Å². The minimum atomic E-state index is -3.74. The average molecular weight is 383 g/mol. The maximum absolute atomic E-state index is 12.4. The number of hydrogen-bond donors (Lipinski definition) is 2. The van der Waals surface area contributed by atoms with Crippen LogP contribution in [0.1, 0.15) is 12.5 Å². The normalized spacial score (nSPS) is 11.0. The van der Waals surface area contributed by atoms with Crippen LogP contribution in [0.25, 0.3) is 0 Å². The van der Waals surface area contributed by atoms with Crippen LogP contribution in [0.15, 0.2) is 47.4 Å². The van der Waals surface area contributed by atoms with Crippen molar-refractivity contribution in [1.29, 1.82) is 0 Å². The Bertz CT molecular complexity index is 851. The lowest BCUT2D eigenvalue weighted by Gasteiger charge is -2.10. The number of hydrogen-bond acceptors (Lipinski definition) is 4. The fourth-order valence-corrected chi connectivity index (χ4v) is 3.21. The van der Waals surface area contributed by atoms with Crippen molar-refractivity contribution in [1.82, 2.24) is 5.32 Å². The number of sulfonamides is 1. The highest BCUT2D eigenvalue weighted by Gasteiger charge is 2.15. The molecule has 8 heteroatoms. The molecule has 6 nitrogen and oxygen atoms in total. The molecule has 134 valence electrons. The standard InChI is InChI=1S/C17H19ClN2O4S/c1-3-19-17(21)11-24-14-6-8-15(9-7-14)25(22,23)20-13-5-4-12(2)16(18)10-13/h4-10,20H,3,11H2,1-2H3,(H,19,21). The van der Waals surface area contributed by atoms with Gasteiger partial charge < -0.3 is 10.1 Å². The van der Waals surface area contributed by atoms with E-state index in [1.165, 1.54) is 24.3 Å². The van der Waals surface area contributed by atoms with E-state index >= 15 is 0 Å². The molecule has 0 fully saturated rings. The molecule has 0 atom stereocenters. The lowest BCUT2D eigenvalue weighted by Crippen LogP contribution is -2.28. The van der Waals surface area contributed by atoms with Gasteiger partial charge in [0, 0.05) is 11.6 Å². The van der Waals surface area contributed by atoms with Gasteiger partial charge in [0.2, 0.25) is 0 Å². The Hall–Kier alpha value is -2.25. The van der Waals surface area contributed by atoms with Crippen LogP contribution in [-0.2, 0) is 14.8 Å². The number of amides is 1. The molecule has 0 aliphatic heterocycles. The molecule has 2 aromatic rings. The molecule has 0 aliphatic carbocycles. The zero-order valence-corrected chi connectivity index (χ0v) is 15.4. The third-order valence-electron chi connectivity index (χ3n) is 3.30. The predicted molar refractivity (Wildman–Crippen MR) is 97.6 cm³/mol. The van der Waals surface area contributed by atoms with Crippen LogP contribution in [-0.4, -0.2) is 27.5 Å². The summed E-state index contributed by atoms with van der Waals surface area (Å²) in [6.07, 6.45) is 0. The van der Waals surface area contributed by atoms with E-state index in [1.54, 1.807) is 18.2 Å². The molecule has 1 amide bonds. The van der Waals surface area contributed by atoms with Gasteiger partial charge in [-0.15, -0.1) is 0 Å². The van der Waals surface area contributed by atoms with Crippen LogP contribution in [0.4, 0.5) is 5.69 Å². The molecule has 0 heterocycles. The molecule has 25 heavy (non-hydrogen) atoms. The van der Waals surface area contributed by atoms with Crippen LogP contribution in [0.2, 0.25) is 5.02 Å². The lowest BCUT2D eigenvalue weighted by atomic mass is 10.2. The summed E-state index contributed by atoms with van der Waals surface area (Å²) < 4.78 is 32.6. The number of likely N-dealkylation sites (N-methyl/N-ethyl adjacent to an activating group) is 1. The highest BCUT2D eigenvalue weighted by molar-refractivity contribution is 7.92. The van der Waals surface area contributed by atoms with E-state index in [4.69, 9.17) is 16.3 Å². The Morgan fingerprint density at radius 1 is 1.16 bits per heavy atom. The molecular formula is C17H19ClN2O4S. The van der Waals surface area contributed by atoms with Crippen molar-refractivity contribution >= 4 is 33.2 Å². The zero-order valence-electron chi connectivity index (χ0n) is 13.9. The summed E-state index contributed by atoms with van der Waals surface area (Å²) in [7, 11) is -3.74. The molecule has 2 rings (SSSR count). The van der Waals surface area contributed by atoms with Gasteiger partial charge in [-0.05, 0) is 55.8 Å². The van der Waals surface area contributed by atoms with Crippen molar-refractivity contribution in [3.05, 3.63) is 53.1 Å². The molecule has 0 unspecified atom stereocenters. The van der Waals surface area contributed by atoms with E-state index in [2.05, 4.69) is 10.0 Å². The van der Waals surface area contributed by atoms with Gasteiger partial charge >= 0.3 is 0 Å². The van der Waals surface area contributed by atoms with Crippen molar-refractivity contribution in [3.63, 3.8) is 0 Å². The molecule has 0 saturated carbocycles. The van der Waals surface area contributed by atoms with Gasteiger partial charge in [0.1, 0.15) is 5.75 Å². The van der Waals surface area contributed by atoms with Gasteiger partial charge in [-0.3, -0.25) is 9.52 Å². The quantitative estimate of drug-likeness (QED) is 0.771. The Kier molecular flexibility index (Phi) is 6.27. The van der Waals surface area contributed by atoms with Crippen molar-refractivity contribution in [2.24, 2.45) is 0 Å². The highest BCUT2D eigenvalue weighted by Crippen LogP contribution is 2.23. The summed E-state index contributed by atoms with van der Waals surface area (Å²) in [5.41, 5.74) is 1.24. The molecule has 0 aromatic heterocycles. The highest BCUT2D eigenvalue weighted by atomic mass is 35.5.